The van der Waals surface area contributed by atoms with Gasteiger partial charge in [0.2, 0.25) is 6.41 Å². The smallest absolute Gasteiger partial charge is 0.211 e. The topological polar surface area (TPSA) is 44.4 Å². The Hall–Kier alpha value is -1.80. The van der Waals surface area contributed by atoms with Crippen LogP contribution < -0.4 is 10.0 Å². The van der Waals surface area contributed by atoms with Crippen molar-refractivity contribution >= 4 is 59.0 Å². The van der Waals surface area contributed by atoms with Crippen LogP contribution in [0, 0.1) is 5.82 Å². The maximum Gasteiger partial charge on any atom is 0.211 e. The second-order valence-electron chi connectivity index (χ2n) is 6.58. The Bertz CT molecular complexity index is 989. The largest absolute Gasteiger partial charge is 0.329 e. The molecule has 0 atom stereocenters. The van der Waals surface area contributed by atoms with Crippen LogP contribution in [0.1, 0.15) is 6.42 Å². The van der Waals surface area contributed by atoms with Crippen LogP contribution in [0.5, 0.6) is 0 Å². The first-order chi connectivity index (χ1) is 15.4. The fraction of sp³-hybridized carbons (Fsp3) is 0.174. The highest BCUT2D eigenvalue weighted by Crippen LogP contribution is 2.28. The third-order valence-corrected chi connectivity index (χ3v) is 6.00. The molecule has 1 aliphatic heterocycles. The first kappa shape index (κ1) is 26.5. The molecule has 3 aromatic rings. The lowest BCUT2D eigenvalue weighted by Gasteiger charge is -2.20. The average Bonchev–Trinajstić information content (AvgIpc) is 2.80. The quantitative estimate of drug-likeness (QED) is 0.287. The van der Waals surface area contributed by atoms with Crippen molar-refractivity contribution in [3.05, 3.63) is 87.6 Å². The Balaban J connectivity index is 0.000000180. The average molecular weight is 515 g/mol. The number of carbonyl (C=O) groups is 1. The second kappa shape index (κ2) is 14.4. The molecule has 0 unspecified atom stereocenters. The third-order valence-electron chi connectivity index (χ3n) is 4.14. The van der Waals surface area contributed by atoms with Crippen LogP contribution in [0.15, 0.2) is 66.7 Å². The van der Waals surface area contributed by atoms with Gasteiger partial charge in [-0.1, -0.05) is 71.2 Å². The lowest BCUT2D eigenvalue weighted by molar-refractivity contribution is -0.105. The number of carbonyl (C=O) groups excluding carboxylic acids is 1. The van der Waals surface area contributed by atoms with Gasteiger partial charge in [0.25, 0.3) is 0 Å². The minimum absolute atomic E-state index is 0.00292. The molecule has 2 N–H and O–H groups in total. The van der Waals surface area contributed by atoms with E-state index in [9.17, 15) is 9.18 Å². The van der Waals surface area contributed by atoms with Crippen molar-refractivity contribution in [2.24, 2.45) is 0 Å². The number of nitrogens with one attached hydrogen (secondary N) is 2. The SMILES string of the molecule is CN1CCCNS1.Clc1ccc(-c2ccccc2)cc1Cl.O=CNc1ccc(F)c(Cl)c1. The van der Waals surface area contributed by atoms with Gasteiger partial charge in [0.1, 0.15) is 5.82 Å². The van der Waals surface area contributed by atoms with Gasteiger partial charge in [0.05, 0.1) is 15.1 Å². The molecule has 1 saturated heterocycles. The summed E-state index contributed by atoms with van der Waals surface area (Å²) in [6.45, 7) is 2.38. The van der Waals surface area contributed by atoms with Gasteiger partial charge < -0.3 is 5.32 Å². The van der Waals surface area contributed by atoms with Crippen LogP contribution >= 0.6 is 46.9 Å². The molecule has 1 amide bonds. The minimum Gasteiger partial charge on any atom is -0.329 e. The highest BCUT2D eigenvalue weighted by molar-refractivity contribution is 7.95. The van der Waals surface area contributed by atoms with E-state index in [4.69, 9.17) is 34.8 Å². The van der Waals surface area contributed by atoms with E-state index in [-0.39, 0.29) is 5.02 Å². The van der Waals surface area contributed by atoms with E-state index in [2.05, 4.69) is 21.4 Å². The van der Waals surface area contributed by atoms with Crippen molar-refractivity contribution in [2.45, 2.75) is 6.42 Å². The standard InChI is InChI=1S/C12H8Cl2.C7H5ClFNO.C4H10N2S/c13-11-7-6-10(8-12(11)14)9-4-2-1-3-5-9;8-6-3-5(10-4-11)1-2-7(6)9;1-6-4-2-3-5-7-6/h1-8H;1-4H,(H,10,11);5H,2-4H2,1H3. The van der Waals surface area contributed by atoms with E-state index in [0.29, 0.717) is 22.1 Å². The van der Waals surface area contributed by atoms with Gasteiger partial charge in [-0.05, 0) is 54.9 Å². The van der Waals surface area contributed by atoms with Crippen molar-refractivity contribution in [2.75, 3.05) is 25.5 Å². The summed E-state index contributed by atoms with van der Waals surface area (Å²) >= 11 is 18.9. The van der Waals surface area contributed by atoms with E-state index in [1.165, 1.54) is 31.2 Å². The molecule has 0 bridgehead atoms. The molecular formula is C23H23Cl3FN3OS. The van der Waals surface area contributed by atoms with Gasteiger partial charge in [0, 0.05) is 30.9 Å². The van der Waals surface area contributed by atoms with E-state index >= 15 is 0 Å². The Kier molecular flexibility index (Phi) is 11.9. The van der Waals surface area contributed by atoms with Gasteiger partial charge in [-0.25, -0.2) is 8.70 Å². The number of hydrogen-bond acceptors (Lipinski definition) is 4. The summed E-state index contributed by atoms with van der Waals surface area (Å²) in [5, 5.41) is 3.52. The predicted molar refractivity (Wildman–Crippen MR) is 136 cm³/mol. The minimum atomic E-state index is -0.497. The van der Waals surface area contributed by atoms with Crippen LogP contribution in [0.4, 0.5) is 10.1 Å². The van der Waals surface area contributed by atoms with Crippen molar-refractivity contribution in [3.8, 4) is 11.1 Å². The monoisotopic (exact) mass is 513 g/mol. The van der Waals surface area contributed by atoms with Crippen molar-refractivity contribution < 1.29 is 9.18 Å². The van der Waals surface area contributed by atoms with Gasteiger partial charge in [0.15, 0.2) is 0 Å². The zero-order valence-electron chi connectivity index (χ0n) is 17.3. The number of benzene rings is 3. The number of nitrogens with zero attached hydrogens (tertiary/aromatic N) is 1. The van der Waals surface area contributed by atoms with Gasteiger partial charge in [-0.2, -0.15) is 0 Å². The first-order valence-corrected chi connectivity index (χ1v) is 11.6. The lowest BCUT2D eigenvalue weighted by atomic mass is 10.1. The Morgan fingerprint density at radius 1 is 0.969 bits per heavy atom. The molecule has 1 aliphatic rings. The third kappa shape index (κ3) is 9.36. The maximum absolute atomic E-state index is 12.5. The predicted octanol–water partition coefficient (Wildman–Crippen LogP) is 7.18. The van der Waals surface area contributed by atoms with Crippen molar-refractivity contribution in [1.29, 1.82) is 0 Å². The molecule has 0 spiro atoms. The summed E-state index contributed by atoms with van der Waals surface area (Å²) in [5.41, 5.74) is 2.71. The second-order valence-corrected chi connectivity index (χ2v) is 8.89. The molecule has 3 aromatic carbocycles. The molecule has 4 rings (SSSR count). The summed E-state index contributed by atoms with van der Waals surface area (Å²) in [6.07, 6.45) is 1.78. The fourth-order valence-electron chi connectivity index (χ4n) is 2.54. The summed E-state index contributed by atoms with van der Waals surface area (Å²) < 4.78 is 17.9. The summed E-state index contributed by atoms with van der Waals surface area (Å²) in [6, 6.07) is 19.7. The molecule has 1 fully saturated rings. The van der Waals surface area contributed by atoms with Gasteiger partial charge in [-0.15, -0.1) is 0 Å². The highest BCUT2D eigenvalue weighted by atomic mass is 35.5. The van der Waals surface area contributed by atoms with E-state index in [1.54, 1.807) is 12.1 Å². The molecular weight excluding hydrogens is 492 g/mol. The van der Waals surface area contributed by atoms with E-state index in [0.717, 1.165) is 17.7 Å². The fourth-order valence-corrected chi connectivity index (χ4v) is 3.69. The molecule has 1 heterocycles. The Morgan fingerprint density at radius 3 is 2.25 bits per heavy atom. The maximum atomic E-state index is 12.5. The van der Waals surface area contributed by atoms with Crippen molar-refractivity contribution in [1.82, 2.24) is 9.03 Å². The number of rotatable bonds is 3. The zero-order chi connectivity index (χ0) is 23.3. The first-order valence-electron chi connectivity index (χ1n) is 9.67. The van der Waals surface area contributed by atoms with Gasteiger partial charge in [-0.3, -0.25) is 9.52 Å². The number of halogens is 4. The zero-order valence-corrected chi connectivity index (χ0v) is 20.4. The molecule has 9 heteroatoms. The normalized spacial score (nSPS) is 13.2. The molecule has 0 saturated carbocycles. The number of anilines is 1. The molecule has 0 aromatic heterocycles. The lowest BCUT2D eigenvalue weighted by Crippen LogP contribution is -2.26. The molecule has 0 aliphatic carbocycles. The Morgan fingerprint density at radius 2 is 1.72 bits per heavy atom. The summed E-state index contributed by atoms with van der Waals surface area (Å²) in [7, 11) is 2.09. The molecule has 4 nitrogen and oxygen atoms in total. The molecule has 170 valence electrons. The number of amides is 1. The highest BCUT2D eigenvalue weighted by Gasteiger charge is 2.03. The van der Waals surface area contributed by atoms with Crippen molar-refractivity contribution in [3.63, 3.8) is 0 Å². The van der Waals surface area contributed by atoms with Gasteiger partial charge >= 0.3 is 0 Å². The van der Waals surface area contributed by atoms with Crippen LogP contribution in [0.3, 0.4) is 0 Å². The Labute approximate surface area is 207 Å². The van der Waals surface area contributed by atoms with Crippen LogP contribution in [-0.2, 0) is 4.79 Å². The van der Waals surface area contributed by atoms with Crippen LogP contribution in [0.25, 0.3) is 11.1 Å². The number of hydrogen-bond donors (Lipinski definition) is 2. The molecule has 0 radical (unpaired) electrons. The summed E-state index contributed by atoms with van der Waals surface area (Å²) in [5.74, 6) is -0.497. The van der Waals surface area contributed by atoms with Crippen LogP contribution in [0.2, 0.25) is 15.1 Å². The van der Waals surface area contributed by atoms with E-state index < -0.39 is 5.82 Å². The summed E-state index contributed by atoms with van der Waals surface area (Å²) in [4.78, 5) is 9.92. The van der Waals surface area contributed by atoms with E-state index in [1.807, 2.05) is 48.5 Å². The van der Waals surface area contributed by atoms with Crippen LogP contribution in [-0.4, -0.2) is 30.9 Å². The molecule has 32 heavy (non-hydrogen) atoms.